The molecule has 0 atom stereocenters. The molecule has 0 fully saturated rings. The number of nitrogens with zero attached hydrogens (tertiary/aromatic N) is 1. The Kier molecular flexibility index (Phi) is 4.65. The zero-order valence-corrected chi connectivity index (χ0v) is 13.2. The molecule has 1 N–H and O–H groups in total. The van der Waals surface area contributed by atoms with Crippen molar-refractivity contribution >= 4 is 17.4 Å². The van der Waals surface area contributed by atoms with Crippen molar-refractivity contribution in [2.75, 3.05) is 5.32 Å². The van der Waals surface area contributed by atoms with Crippen LogP contribution in [0.15, 0.2) is 36.5 Å². The van der Waals surface area contributed by atoms with Crippen LogP contribution in [0.3, 0.4) is 0 Å². The third-order valence-corrected chi connectivity index (χ3v) is 3.14. The molecule has 1 aromatic carbocycles. The Morgan fingerprint density at radius 1 is 1.23 bits per heavy atom. The van der Waals surface area contributed by atoms with Crippen molar-refractivity contribution in [3.05, 3.63) is 47.8 Å². The Labute approximate surface area is 129 Å². The lowest BCUT2D eigenvalue weighted by Gasteiger charge is -2.14. The van der Waals surface area contributed by atoms with Gasteiger partial charge in [0.15, 0.2) is 5.78 Å². The van der Waals surface area contributed by atoms with Gasteiger partial charge < -0.3 is 14.6 Å². The summed E-state index contributed by atoms with van der Waals surface area (Å²) >= 11 is 0. The summed E-state index contributed by atoms with van der Waals surface area (Å²) in [4.78, 5) is 23.8. The quantitative estimate of drug-likeness (QED) is 0.862. The van der Waals surface area contributed by atoms with E-state index in [1.54, 1.807) is 29.9 Å². The minimum Gasteiger partial charge on any atom is -0.489 e. The predicted octanol–water partition coefficient (Wildman–Crippen LogP) is 3.27. The van der Waals surface area contributed by atoms with E-state index < -0.39 is 0 Å². The number of hydrogen-bond donors (Lipinski definition) is 1. The average Bonchev–Trinajstić information content (AvgIpc) is 2.83. The van der Waals surface area contributed by atoms with Crippen LogP contribution in [0.4, 0.5) is 5.69 Å². The van der Waals surface area contributed by atoms with Crippen LogP contribution in [-0.4, -0.2) is 22.4 Å². The van der Waals surface area contributed by atoms with Gasteiger partial charge in [0.2, 0.25) is 0 Å². The summed E-state index contributed by atoms with van der Waals surface area (Å²) in [6.45, 7) is 5.33. The van der Waals surface area contributed by atoms with Gasteiger partial charge in [-0.3, -0.25) is 9.59 Å². The van der Waals surface area contributed by atoms with E-state index in [1.807, 2.05) is 32.0 Å². The zero-order valence-electron chi connectivity index (χ0n) is 13.2. The molecule has 0 spiro atoms. The summed E-state index contributed by atoms with van der Waals surface area (Å²) in [6.07, 6.45) is 1.66. The lowest BCUT2D eigenvalue weighted by Crippen LogP contribution is -2.16. The molecular formula is C17H20N2O3. The van der Waals surface area contributed by atoms with Gasteiger partial charge in [0.1, 0.15) is 11.4 Å². The SMILES string of the molecule is CC(=O)c1cc(C(=O)Nc2ccccc2OC(C)C)n(C)c1. The van der Waals surface area contributed by atoms with Crippen molar-refractivity contribution in [3.63, 3.8) is 0 Å². The van der Waals surface area contributed by atoms with Crippen LogP contribution >= 0.6 is 0 Å². The van der Waals surface area contributed by atoms with Gasteiger partial charge in [-0.15, -0.1) is 0 Å². The van der Waals surface area contributed by atoms with Crippen molar-refractivity contribution in [2.45, 2.75) is 26.9 Å². The summed E-state index contributed by atoms with van der Waals surface area (Å²) in [5, 5.41) is 2.83. The van der Waals surface area contributed by atoms with Crippen molar-refractivity contribution in [3.8, 4) is 5.75 Å². The first kappa shape index (κ1) is 15.8. The fourth-order valence-electron chi connectivity index (χ4n) is 2.10. The van der Waals surface area contributed by atoms with Gasteiger partial charge in [0.25, 0.3) is 5.91 Å². The van der Waals surface area contributed by atoms with E-state index in [0.717, 1.165) is 0 Å². The van der Waals surface area contributed by atoms with Crippen LogP contribution in [0.2, 0.25) is 0 Å². The van der Waals surface area contributed by atoms with Gasteiger partial charge in [0.05, 0.1) is 11.8 Å². The second-order valence-corrected chi connectivity index (χ2v) is 5.40. The number of ether oxygens (including phenoxy) is 1. The number of aromatic nitrogens is 1. The molecule has 2 rings (SSSR count). The second kappa shape index (κ2) is 6.47. The Hall–Kier alpha value is -2.56. The lowest BCUT2D eigenvalue weighted by molar-refractivity contribution is 0.101. The molecule has 5 heteroatoms. The highest BCUT2D eigenvalue weighted by Gasteiger charge is 2.15. The lowest BCUT2D eigenvalue weighted by atomic mass is 10.2. The van der Waals surface area contributed by atoms with E-state index in [4.69, 9.17) is 4.74 Å². The standard InChI is InChI=1S/C17H20N2O3/c1-11(2)22-16-8-6-5-7-14(16)18-17(21)15-9-13(12(3)20)10-19(15)4/h5-11H,1-4H3,(H,18,21). The summed E-state index contributed by atoms with van der Waals surface area (Å²) < 4.78 is 7.32. The number of anilines is 1. The minimum atomic E-state index is -0.283. The van der Waals surface area contributed by atoms with Crippen LogP contribution < -0.4 is 10.1 Å². The number of benzene rings is 1. The summed E-state index contributed by atoms with van der Waals surface area (Å²) in [5.74, 6) is 0.264. The zero-order chi connectivity index (χ0) is 16.3. The fourth-order valence-corrected chi connectivity index (χ4v) is 2.10. The number of hydrogen-bond acceptors (Lipinski definition) is 3. The normalized spacial score (nSPS) is 10.6. The Bertz CT molecular complexity index is 702. The Morgan fingerprint density at radius 3 is 2.50 bits per heavy atom. The monoisotopic (exact) mass is 300 g/mol. The average molecular weight is 300 g/mol. The van der Waals surface area contributed by atoms with Crippen molar-refractivity contribution in [1.82, 2.24) is 4.57 Å². The molecule has 0 aliphatic heterocycles. The number of aryl methyl sites for hydroxylation is 1. The molecule has 22 heavy (non-hydrogen) atoms. The minimum absolute atomic E-state index is 0.0115. The molecule has 0 unspecified atom stereocenters. The number of amides is 1. The highest BCUT2D eigenvalue weighted by molar-refractivity contribution is 6.06. The van der Waals surface area contributed by atoms with Crippen LogP contribution in [0.5, 0.6) is 5.75 Å². The first-order valence-corrected chi connectivity index (χ1v) is 7.13. The molecule has 0 saturated heterocycles. The van der Waals surface area contributed by atoms with Gasteiger partial charge >= 0.3 is 0 Å². The molecule has 5 nitrogen and oxygen atoms in total. The fraction of sp³-hybridized carbons (Fsp3) is 0.294. The van der Waals surface area contributed by atoms with Gasteiger partial charge in [-0.1, -0.05) is 12.1 Å². The second-order valence-electron chi connectivity index (χ2n) is 5.40. The number of carbonyl (C=O) groups excluding carboxylic acids is 2. The van der Waals surface area contributed by atoms with Gasteiger partial charge in [-0.25, -0.2) is 0 Å². The molecule has 0 saturated carbocycles. The predicted molar refractivity (Wildman–Crippen MR) is 85.6 cm³/mol. The molecule has 0 aliphatic rings. The molecular weight excluding hydrogens is 280 g/mol. The summed E-state index contributed by atoms with van der Waals surface area (Å²) in [7, 11) is 1.73. The highest BCUT2D eigenvalue weighted by atomic mass is 16.5. The Balaban J connectivity index is 2.24. The van der Waals surface area contributed by atoms with Crippen LogP contribution in [0, 0.1) is 0 Å². The van der Waals surface area contributed by atoms with Crippen molar-refractivity contribution in [2.24, 2.45) is 7.05 Å². The number of ketones is 1. The highest BCUT2D eigenvalue weighted by Crippen LogP contribution is 2.25. The molecule has 1 amide bonds. The third kappa shape index (κ3) is 3.55. The summed E-state index contributed by atoms with van der Waals surface area (Å²) in [6, 6.07) is 8.86. The van der Waals surface area contributed by atoms with Crippen molar-refractivity contribution in [1.29, 1.82) is 0 Å². The van der Waals surface area contributed by atoms with Crippen LogP contribution in [0.25, 0.3) is 0 Å². The topological polar surface area (TPSA) is 60.3 Å². The molecule has 0 radical (unpaired) electrons. The van der Waals surface area contributed by atoms with E-state index in [9.17, 15) is 9.59 Å². The van der Waals surface area contributed by atoms with Gasteiger partial charge in [-0.2, -0.15) is 0 Å². The summed E-state index contributed by atoms with van der Waals surface area (Å²) in [5.41, 5.74) is 1.54. The van der Waals surface area contributed by atoms with E-state index in [-0.39, 0.29) is 17.8 Å². The van der Waals surface area contributed by atoms with Crippen LogP contribution in [0.1, 0.15) is 41.6 Å². The maximum Gasteiger partial charge on any atom is 0.272 e. The Morgan fingerprint density at radius 2 is 1.91 bits per heavy atom. The molecule has 1 aromatic heterocycles. The molecule has 0 bridgehead atoms. The number of Topliss-reactive ketones (excluding diaryl/α,β-unsaturated/α-hetero) is 1. The third-order valence-electron chi connectivity index (χ3n) is 3.14. The largest absolute Gasteiger partial charge is 0.489 e. The molecule has 0 aliphatic carbocycles. The smallest absolute Gasteiger partial charge is 0.272 e. The van der Waals surface area contributed by atoms with Gasteiger partial charge in [-0.05, 0) is 39.0 Å². The first-order valence-electron chi connectivity index (χ1n) is 7.13. The number of carbonyl (C=O) groups is 2. The molecule has 1 heterocycles. The number of rotatable bonds is 5. The van der Waals surface area contributed by atoms with E-state index in [2.05, 4.69) is 5.32 Å². The maximum atomic E-state index is 12.4. The number of nitrogens with one attached hydrogen (secondary N) is 1. The number of para-hydroxylation sites is 2. The molecule has 116 valence electrons. The van der Waals surface area contributed by atoms with E-state index in [0.29, 0.717) is 22.7 Å². The van der Waals surface area contributed by atoms with Gasteiger partial charge in [0, 0.05) is 18.8 Å². The van der Waals surface area contributed by atoms with E-state index >= 15 is 0 Å². The van der Waals surface area contributed by atoms with E-state index in [1.165, 1.54) is 6.92 Å². The maximum absolute atomic E-state index is 12.4. The van der Waals surface area contributed by atoms with Crippen LogP contribution in [-0.2, 0) is 7.05 Å². The van der Waals surface area contributed by atoms with Crippen molar-refractivity contribution < 1.29 is 14.3 Å². The molecule has 2 aromatic rings. The first-order chi connectivity index (χ1) is 10.4.